The van der Waals surface area contributed by atoms with Crippen LogP contribution in [0.5, 0.6) is 0 Å². The first-order valence-electron chi connectivity index (χ1n) is 10.9. The minimum Gasteiger partial charge on any atom is -0.387 e. The lowest BCUT2D eigenvalue weighted by Gasteiger charge is -2.37. The van der Waals surface area contributed by atoms with Gasteiger partial charge in [-0.3, -0.25) is 9.69 Å². The average molecular weight is 412 g/mol. The van der Waals surface area contributed by atoms with Crippen molar-refractivity contribution >= 4 is 17.3 Å². The van der Waals surface area contributed by atoms with E-state index < -0.39 is 6.10 Å². The maximum atomic E-state index is 14.0. The smallest absolute Gasteiger partial charge is 0.226 e. The number of para-hydroxylation sites is 1. The molecule has 0 radical (unpaired) electrons. The third-order valence-electron chi connectivity index (χ3n) is 6.21. The van der Waals surface area contributed by atoms with E-state index in [-0.39, 0.29) is 11.7 Å². The summed E-state index contributed by atoms with van der Waals surface area (Å²) in [5.41, 5.74) is 3.68. The Kier molecular flexibility index (Phi) is 6.35. The fraction of sp³-hybridized carbons (Fsp3) is 0.458. The van der Waals surface area contributed by atoms with Crippen LogP contribution in [0.15, 0.2) is 42.5 Å². The van der Waals surface area contributed by atoms with Gasteiger partial charge in [0.1, 0.15) is 5.82 Å². The van der Waals surface area contributed by atoms with Gasteiger partial charge in [-0.1, -0.05) is 31.2 Å². The molecule has 2 aliphatic rings. The molecule has 0 aromatic heterocycles. The quantitative estimate of drug-likeness (QED) is 0.820. The van der Waals surface area contributed by atoms with Crippen LogP contribution in [0.3, 0.4) is 0 Å². The molecule has 2 aromatic carbocycles. The second kappa shape index (κ2) is 9.14. The Hall–Kier alpha value is -2.44. The normalized spacial score (nSPS) is 18.2. The highest BCUT2D eigenvalue weighted by Crippen LogP contribution is 2.31. The lowest BCUT2D eigenvalue weighted by atomic mass is 9.96. The highest BCUT2D eigenvalue weighted by Gasteiger charge is 2.24. The van der Waals surface area contributed by atoms with Crippen molar-refractivity contribution in [2.45, 2.75) is 32.3 Å². The molecule has 0 saturated carbocycles. The van der Waals surface area contributed by atoms with Crippen LogP contribution >= 0.6 is 0 Å². The number of anilines is 2. The fourth-order valence-corrected chi connectivity index (χ4v) is 4.50. The zero-order valence-electron chi connectivity index (χ0n) is 17.6. The van der Waals surface area contributed by atoms with Crippen LogP contribution in [0.25, 0.3) is 0 Å². The molecule has 1 fully saturated rings. The van der Waals surface area contributed by atoms with Crippen LogP contribution in [-0.2, 0) is 11.2 Å². The molecule has 1 amide bonds. The van der Waals surface area contributed by atoms with E-state index in [4.69, 9.17) is 0 Å². The minimum absolute atomic E-state index is 0.150. The van der Waals surface area contributed by atoms with Gasteiger partial charge in [0.15, 0.2) is 0 Å². The lowest BCUT2D eigenvalue weighted by molar-refractivity contribution is -0.118. The number of rotatable bonds is 5. The van der Waals surface area contributed by atoms with Gasteiger partial charge in [-0.25, -0.2) is 4.39 Å². The largest absolute Gasteiger partial charge is 0.387 e. The van der Waals surface area contributed by atoms with Crippen LogP contribution < -0.4 is 9.80 Å². The van der Waals surface area contributed by atoms with Crippen molar-refractivity contribution in [3.63, 3.8) is 0 Å². The van der Waals surface area contributed by atoms with Gasteiger partial charge < -0.3 is 14.9 Å². The third kappa shape index (κ3) is 4.35. The summed E-state index contributed by atoms with van der Waals surface area (Å²) in [5, 5.41) is 10.8. The third-order valence-corrected chi connectivity index (χ3v) is 6.21. The van der Waals surface area contributed by atoms with Gasteiger partial charge in [0.25, 0.3) is 0 Å². The monoisotopic (exact) mass is 411 g/mol. The second-order valence-electron chi connectivity index (χ2n) is 8.15. The summed E-state index contributed by atoms with van der Waals surface area (Å²) >= 11 is 0. The summed E-state index contributed by atoms with van der Waals surface area (Å²) in [5.74, 6) is -0.0346. The lowest BCUT2D eigenvalue weighted by Crippen LogP contribution is -2.47. The number of aliphatic hydroxyl groups is 1. The maximum Gasteiger partial charge on any atom is 0.226 e. The van der Waals surface area contributed by atoms with Gasteiger partial charge in [-0.2, -0.15) is 0 Å². The molecule has 6 heteroatoms. The molecule has 1 unspecified atom stereocenters. The van der Waals surface area contributed by atoms with E-state index in [9.17, 15) is 14.3 Å². The Morgan fingerprint density at radius 3 is 2.57 bits per heavy atom. The number of aryl methyl sites for hydroxylation is 1. The van der Waals surface area contributed by atoms with Gasteiger partial charge >= 0.3 is 0 Å². The Morgan fingerprint density at radius 1 is 1.07 bits per heavy atom. The number of hydrogen-bond donors (Lipinski definition) is 1. The zero-order chi connectivity index (χ0) is 21.1. The number of nitrogens with zero attached hydrogens (tertiary/aromatic N) is 3. The first-order valence-corrected chi connectivity index (χ1v) is 10.9. The van der Waals surface area contributed by atoms with Crippen molar-refractivity contribution in [2.75, 3.05) is 49.1 Å². The van der Waals surface area contributed by atoms with E-state index in [0.29, 0.717) is 18.7 Å². The van der Waals surface area contributed by atoms with Crippen LogP contribution in [-0.4, -0.2) is 55.2 Å². The number of hydrogen-bond acceptors (Lipinski definition) is 4. The van der Waals surface area contributed by atoms with Crippen molar-refractivity contribution in [3.8, 4) is 0 Å². The molecule has 0 bridgehead atoms. The molecule has 30 heavy (non-hydrogen) atoms. The predicted octanol–water partition coefficient (Wildman–Crippen LogP) is 3.37. The number of carbonyl (C=O) groups excluding carboxylic acids is 1. The van der Waals surface area contributed by atoms with Crippen LogP contribution in [0.1, 0.15) is 37.0 Å². The van der Waals surface area contributed by atoms with Crippen molar-refractivity contribution < 1.29 is 14.3 Å². The zero-order valence-corrected chi connectivity index (χ0v) is 17.6. The van der Waals surface area contributed by atoms with Gasteiger partial charge in [-0.05, 0) is 42.2 Å². The van der Waals surface area contributed by atoms with E-state index >= 15 is 0 Å². The molecule has 160 valence electrons. The van der Waals surface area contributed by atoms with Crippen LogP contribution in [0.2, 0.25) is 0 Å². The number of β-amino-alcohol motifs (C(OH)–C–C–N with tert-alkyl or cyclic N) is 1. The van der Waals surface area contributed by atoms with Crippen molar-refractivity contribution in [3.05, 3.63) is 59.4 Å². The minimum atomic E-state index is -0.576. The molecule has 2 aliphatic heterocycles. The summed E-state index contributed by atoms with van der Waals surface area (Å²) in [6, 6.07) is 12.9. The van der Waals surface area contributed by atoms with Crippen LogP contribution in [0, 0.1) is 5.82 Å². The first kappa shape index (κ1) is 20.8. The number of benzene rings is 2. The Labute approximate surface area is 177 Å². The van der Waals surface area contributed by atoms with Crippen LogP contribution in [0.4, 0.5) is 15.8 Å². The summed E-state index contributed by atoms with van der Waals surface area (Å²) in [6.07, 6.45) is 1.82. The number of halogens is 1. The number of piperazine rings is 1. The molecule has 1 saturated heterocycles. The van der Waals surface area contributed by atoms with Gasteiger partial charge in [0.05, 0.1) is 11.8 Å². The molecular weight excluding hydrogens is 381 g/mol. The number of amides is 1. The highest BCUT2D eigenvalue weighted by atomic mass is 19.1. The Balaban J connectivity index is 1.37. The Morgan fingerprint density at radius 2 is 1.83 bits per heavy atom. The topological polar surface area (TPSA) is 47.0 Å². The summed E-state index contributed by atoms with van der Waals surface area (Å²) < 4.78 is 14.0. The van der Waals surface area contributed by atoms with E-state index in [2.05, 4.69) is 15.9 Å². The van der Waals surface area contributed by atoms with Gasteiger partial charge in [-0.15, -0.1) is 0 Å². The predicted molar refractivity (Wildman–Crippen MR) is 117 cm³/mol. The molecule has 0 spiro atoms. The van der Waals surface area contributed by atoms with E-state index in [1.165, 1.54) is 6.07 Å². The van der Waals surface area contributed by atoms with E-state index in [1.807, 2.05) is 36.1 Å². The van der Waals surface area contributed by atoms with Gasteiger partial charge in [0.2, 0.25) is 5.91 Å². The van der Waals surface area contributed by atoms with Gasteiger partial charge in [0, 0.05) is 51.4 Å². The molecule has 0 aliphatic carbocycles. The summed E-state index contributed by atoms with van der Waals surface area (Å²) in [4.78, 5) is 18.4. The van der Waals surface area contributed by atoms with Crippen molar-refractivity contribution in [1.82, 2.24) is 4.90 Å². The molecule has 1 atom stereocenters. The number of fused-ring (bicyclic) bond motifs is 1. The van der Waals surface area contributed by atoms with Crippen molar-refractivity contribution in [1.29, 1.82) is 0 Å². The van der Waals surface area contributed by atoms with Crippen molar-refractivity contribution in [2.24, 2.45) is 0 Å². The van der Waals surface area contributed by atoms with E-state index in [0.717, 1.165) is 62.4 Å². The SMILES string of the molecule is CCC(=O)N1CCCc2cc(C(O)CN3CCN(c4ccccc4F)CC3)ccc21. The number of carbonyl (C=O) groups is 1. The maximum absolute atomic E-state index is 14.0. The molecule has 2 aromatic rings. The molecule has 5 nitrogen and oxygen atoms in total. The average Bonchev–Trinajstić information content (AvgIpc) is 2.78. The summed E-state index contributed by atoms with van der Waals surface area (Å²) in [6.45, 7) is 6.28. The number of aliphatic hydroxyl groups excluding tert-OH is 1. The second-order valence-corrected chi connectivity index (χ2v) is 8.15. The molecular formula is C24H30FN3O2. The highest BCUT2D eigenvalue weighted by molar-refractivity contribution is 5.94. The standard InChI is InChI=1S/C24H30FN3O2/c1-2-24(30)28-11-5-6-18-16-19(9-10-21(18)28)23(29)17-26-12-14-27(15-13-26)22-8-4-3-7-20(22)25/h3-4,7-10,16,23,29H,2,5-6,11-15,17H2,1H3. The first-order chi connectivity index (χ1) is 14.6. The molecule has 4 rings (SSSR count). The Bertz CT molecular complexity index is 896. The fourth-order valence-electron chi connectivity index (χ4n) is 4.50. The molecule has 2 heterocycles. The van der Waals surface area contributed by atoms with E-state index in [1.54, 1.807) is 6.07 Å². The summed E-state index contributed by atoms with van der Waals surface area (Å²) in [7, 11) is 0. The molecule has 1 N–H and O–H groups in total.